The molecule has 1 atom stereocenters. The molecule has 1 fully saturated rings. The molecule has 9 nitrogen and oxygen atoms in total. The molecule has 168 valence electrons. The van der Waals surface area contributed by atoms with Gasteiger partial charge in [-0.3, -0.25) is 24.5 Å². The standard InChI is InChI=1S/C23H20FN5O4/c1-11-9-28(2)20-18(11)19(24)15(8-25-20)26-21(31)12-3-4-14-13(7-12)10-29(23(14)33)16-5-6-17(30)27-22(16)32/h3-4,7-9,16H,5-6,10H2,1-2H3,(H,26,31)(H,27,30,32). The molecule has 1 unspecified atom stereocenters. The van der Waals surface area contributed by atoms with Crippen molar-refractivity contribution in [3.05, 3.63) is 58.7 Å². The molecule has 4 amide bonds. The van der Waals surface area contributed by atoms with Crippen molar-refractivity contribution in [2.75, 3.05) is 5.32 Å². The highest BCUT2D eigenvalue weighted by Gasteiger charge is 2.39. The predicted molar refractivity (Wildman–Crippen MR) is 116 cm³/mol. The number of halogens is 1. The quantitative estimate of drug-likeness (QED) is 0.594. The molecule has 33 heavy (non-hydrogen) atoms. The summed E-state index contributed by atoms with van der Waals surface area (Å²) in [5.41, 5.74) is 2.38. The van der Waals surface area contributed by atoms with Crippen molar-refractivity contribution in [3.8, 4) is 0 Å². The van der Waals surface area contributed by atoms with Crippen molar-refractivity contribution in [1.82, 2.24) is 19.8 Å². The van der Waals surface area contributed by atoms with Crippen LogP contribution in [0.2, 0.25) is 0 Å². The van der Waals surface area contributed by atoms with Crippen LogP contribution in [0.3, 0.4) is 0 Å². The minimum atomic E-state index is -0.735. The van der Waals surface area contributed by atoms with Crippen molar-refractivity contribution in [1.29, 1.82) is 0 Å². The number of rotatable bonds is 3. The Labute approximate surface area is 187 Å². The van der Waals surface area contributed by atoms with Gasteiger partial charge in [-0.25, -0.2) is 9.37 Å². The lowest BCUT2D eigenvalue weighted by Crippen LogP contribution is -2.52. The first kappa shape index (κ1) is 20.8. The smallest absolute Gasteiger partial charge is 0.255 e. The summed E-state index contributed by atoms with van der Waals surface area (Å²) in [5.74, 6) is -2.29. The number of fused-ring (bicyclic) bond motifs is 2. The van der Waals surface area contributed by atoms with E-state index in [0.717, 1.165) is 0 Å². The SMILES string of the molecule is Cc1cn(C)c2ncc(NC(=O)c3ccc4c(c3)CN(C3CCC(=O)NC3=O)C4=O)c(F)c12. The van der Waals surface area contributed by atoms with Crippen LogP contribution in [-0.2, 0) is 23.2 Å². The van der Waals surface area contributed by atoms with E-state index in [1.165, 1.54) is 23.2 Å². The van der Waals surface area contributed by atoms with E-state index in [1.807, 2.05) is 0 Å². The number of benzene rings is 1. The molecule has 5 rings (SSSR count). The maximum absolute atomic E-state index is 15.0. The molecule has 2 aliphatic heterocycles. The number of nitrogens with one attached hydrogen (secondary N) is 2. The zero-order valence-corrected chi connectivity index (χ0v) is 17.9. The Morgan fingerprint density at radius 1 is 1.27 bits per heavy atom. The first-order valence-corrected chi connectivity index (χ1v) is 10.4. The Hall–Kier alpha value is -4.08. The van der Waals surface area contributed by atoms with E-state index in [-0.39, 0.29) is 42.5 Å². The largest absolute Gasteiger partial charge is 0.335 e. The van der Waals surface area contributed by atoms with E-state index in [4.69, 9.17) is 0 Å². The van der Waals surface area contributed by atoms with Gasteiger partial charge in [0.2, 0.25) is 11.8 Å². The molecule has 1 aromatic carbocycles. The number of piperidine rings is 1. The van der Waals surface area contributed by atoms with E-state index < -0.39 is 23.7 Å². The molecular weight excluding hydrogens is 429 g/mol. The van der Waals surface area contributed by atoms with Crippen molar-refractivity contribution >= 4 is 40.3 Å². The first-order valence-electron chi connectivity index (χ1n) is 10.4. The van der Waals surface area contributed by atoms with Gasteiger partial charge in [0.25, 0.3) is 11.8 Å². The third-order valence-electron chi connectivity index (χ3n) is 6.15. The van der Waals surface area contributed by atoms with Crippen molar-refractivity contribution in [3.63, 3.8) is 0 Å². The van der Waals surface area contributed by atoms with E-state index in [1.54, 1.807) is 30.8 Å². The summed E-state index contributed by atoms with van der Waals surface area (Å²) in [6, 6.07) is 3.84. The van der Waals surface area contributed by atoms with Gasteiger partial charge in [-0.1, -0.05) is 0 Å². The molecule has 2 aromatic heterocycles. The number of amides is 4. The Morgan fingerprint density at radius 2 is 2.06 bits per heavy atom. The number of pyridine rings is 1. The lowest BCUT2D eigenvalue weighted by molar-refractivity contribution is -0.136. The second-order valence-electron chi connectivity index (χ2n) is 8.33. The lowest BCUT2D eigenvalue weighted by atomic mass is 10.0. The molecule has 1 saturated heterocycles. The van der Waals surface area contributed by atoms with Crippen LogP contribution in [0.1, 0.15) is 44.7 Å². The number of hydrogen-bond donors (Lipinski definition) is 2. The summed E-state index contributed by atoms with van der Waals surface area (Å²) < 4.78 is 16.7. The monoisotopic (exact) mass is 449 g/mol. The number of anilines is 1. The number of nitrogens with zero attached hydrogens (tertiary/aromatic N) is 3. The number of imide groups is 1. The molecule has 2 N–H and O–H groups in total. The Bertz CT molecular complexity index is 1380. The zero-order valence-electron chi connectivity index (χ0n) is 17.9. The molecule has 10 heteroatoms. The van der Waals surface area contributed by atoms with Gasteiger partial charge in [0.05, 0.1) is 17.3 Å². The van der Waals surface area contributed by atoms with E-state index >= 15 is 4.39 Å². The second kappa shape index (κ2) is 7.51. The molecular formula is C23H20FN5O4. The minimum Gasteiger partial charge on any atom is -0.335 e. The number of carbonyl (C=O) groups is 4. The van der Waals surface area contributed by atoms with Gasteiger partial charge < -0.3 is 14.8 Å². The van der Waals surface area contributed by atoms with Crippen LogP contribution >= 0.6 is 0 Å². The summed E-state index contributed by atoms with van der Waals surface area (Å²) in [7, 11) is 1.77. The maximum Gasteiger partial charge on any atom is 0.255 e. The summed E-state index contributed by atoms with van der Waals surface area (Å²) in [5, 5.41) is 5.16. The molecule has 0 bridgehead atoms. The number of hydrogen-bond acceptors (Lipinski definition) is 5. The number of aryl methyl sites for hydroxylation is 2. The van der Waals surface area contributed by atoms with Gasteiger partial charge in [-0.2, -0.15) is 0 Å². The fourth-order valence-electron chi connectivity index (χ4n) is 4.51. The highest BCUT2D eigenvalue weighted by atomic mass is 19.1. The normalized spacial score (nSPS) is 18.0. The van der Waals surface area contributed by atoms with Gasteiger partial charge in [0.15, 0.2) is 5.82 Å². The summed E-state index contributed by atoms with van der Waals surface area (Å²) in [6.45, 7) is 1.91. The Morgan fingerprint density at radius 3 is 2.82 bits per heavy atom. The van der Waals surface area contributed by atoms with Crippen LogP contribution in [0.4, 0.5) is 10.1 Å². The van der Waals surface area contributed by atoms with Crippen LogP contribution in [0.25, 0.3) is 11.0 Å². The number of aromatic nitrogens is 2. The van der Waals surface area contributed by atoms with E-state index in [0.29, 0.717) is 27.7 Å². The first-order chi connectivity index (χ1) is 15.7. The average Bonchev–Trinajstić information content (AvgIpc) is 3.25. The molecule has 0 saturated carbocycles. The maximum atomic E-state index is 15.0. The fourth-order valence-corrected chi connectivity index (χ4v) is 4.51. The minimum absolute atomic E-state index is 0.0384. The topological polar surface area (TPSA) is 113 Å². The summed E-state index contributed by atoms with van der Waals surface area (Å²) in [4.78, 5) is 54.9. The van der Waals surface area contributed by atoms with Gasteiger partial charge in [-0.05, 0) is 42.7 Å². The molecule has 4 heterocycles. The Kier molecular flexibility index (Phi) is 4.73. The molecule has 0 radical (unpaired) electrons. The fraction of sp³-hybridized carbons (Fsp3) is 0.261. The van der Waals surface area contributed by atoms with E-state index in [2.05, 4.69) is 15.6 Å². The molecule has 0 aliphatic carbocycles. The van der Waals surface area contributed by atoms with Crippen molar-refractivity contribution in [2.45, 2.75) is 32.4 Å². The van der Waals surface area contributed by atoms with Crippen LogP contribution in [-0.4, -0.2) is 44.1 Å². The Balaban J connectivity index is 1.38. The molecule has 3 aromatic rings. The van der Waals surface area contributed by atoms with Crippen molar-refractivity contribution in [2.24, 2.45) is 7.05 Å². The van der Waals surface area contributed by atoms with Crippen LogP contribution in [0, 0.1) is 12.7 Å². The average molecular weight is 449 g/mol. The van der Waals surface area contributed by atoms with E-state index in [9.17, 15) is 19.2 Å². The third-order valence-corrected chi connectivity index (χ3v) is 6.15. The highest BCUT2D eigenvalue weighted by molar-refractivity contribution is 6.08. The van der Waals surface area contributed by atoms with Gasteiger partial charge in [0.1, 0.15) is 11.7 Å². The van der Waals surface area contributed by atoms with Crippen LogP contribution in [0.15, 0.2) is 30.6 Å². The predicted octanol–water partition coefficient (Wildman–Crippen LogP) is 2.03. The van der Waals surface area contributed by atoms with Crippen LogP contribution in [0.5, 0.6) is 0 Å². The third kappa shape index (κ3) is 3.34. The molecule has 0 spiro atoms. The lowest BCUT2D eigenvalue weighted by Gasteiger charge is -2.29. The summed E-state index contributed by atoms with van der Waals surface area (Å²) in [6.07, 6.45) is 3.45. The van der Waals surface area contributed by atoms with Gasteiger partial charge >= 0.3 is 0 Å². The zero-order chi connectivity index (χ0) is 23.4. The van der Waals surface area contributed by atoms with Gasteiger partial charge in [-0.15, -0.1) is 0 Å². The van der Waals surface area contributed by atoms with Crippen molar-refractivity contribution < 1.29 is 23.6 Å². The highest BCUT2D eigenvalue weighted by Crippen LogP contribution is 2.30. The molecule has 2 aliphatic rings. The van der Waals surface area contributed by atoms with Gasteiger partial charge in [0, 0.05) is 37.3 Å². The summed E-state index contributed by atoms with van der Waals surface area (Å²) >= 11 is 0. The van der Waals surface area contributed by atoms with Crippen LogP contribution < -0.4 is 10.6 Å². The number of carbonyl (C=O) groups excluding carboxylic acids is 4. The second-order valence-corrected chi connectivity index (χ2v) is 8.33.